The molecule has 0 aromatic heterocycles. The van der Waals surface area contributed by atoms with Crippen molar-refractivity contribution in [2.45, 2.75) is 31.5 Å². The first-order valence-corrected chi connectivity index (χ1v) is 3.85. The van der Waals surface area contributed by atoms with Gasteiger partial charge in [-0.05, 0) is 19.3 Å². The van der Waals surface area contributed by atoms with Crippen LogP contribution in [0, 0.1) is 0 Å². The van der Waals surface area contributed by atoms with Crippen LogP contribution in [0.15, 0.2) is 0 Å². The molecule has 0 aliphatic carbocycles. The van der Waals surface area contributed by atoms with E-state index in [0.717, 1.165) is 6.42 Å². The highest BCUT2D eigenvalue weighted by Gasteiger charge is 2.28. The topological polar surface area (TPSA) is 95.4 Å². The molecule has 2 unspecified atom stereocenters. The first-order chi connectivity index (χ1) is 5.61. The summed E-state index contributed by atoms with van der Waals surface area (Å²) in [7, 11) is 0. The van der Waals surface area contributed by atoms with Crippen molar-refractivity contribution >= 4 is 11.8 Å². The van der Waals surface area contributed by atoms with Gasteiger partial charge in [0.15, 0.2) is 0 Å². The standard InChI is InChI=1S/C7H12N2O3/c8-6(10)4-2-1-3-5(12-4)7(9)11/h4-5H,1-3H2,(H2,8,10)(H2,9,11). The van der Waals surface area contributed by atoms with Gasteiger partial charge in [0.2, 0.25) is 11.8 Å². The van der Waals surface area contributed by atoms with E-state index in [1.165, 1.54) is 0 Å². The van der Waals surface area contributed by atoms with Crippen LogP contribution in [0.25, 0.3) is 0 Å². The molecule has 2 amide bonds. The molecule has 1 heterocycles. The van der Waals surface area contributed by atoms with Gasteiger partial charge in [-0.2, -0.15) is 0 Å². The number of primary amides is 2. The summed E-state index contributed by atoms with van der Waals surface area (Å²) >= 11 is 0. The summed E-state index contributed by atoms with van der Waals surface area (Å²) < 4.78 is 5.06. The maximum atomic E-state index is 10.7. The molecule has 0 spiro atoms. The number of nitrogens with two attached hydrogens (primary N) is 2. The summed E-state index contributed by atoms with van der Waals surface area (Å²) in [5, 5.41) is 0. The third-order valence-corrected chi connectivity index (χ3v) is 1.90. The van der Waals surface area contributed by atoms with E-state index >= 15 is 0 Å². The smallest absolute Gasteiger partial charge is 0.246 e. The Hall–Kier alpha value is -1.10. The molecular formula is C7H12N2O3. The zero-order valence-electron chi connectivity index (χ0n) is 6.66. The second kappa shape index (κ2) is 3.53. The fourth-order valence-electron chi connectivity index (χ4n) is 1.24. The highest BCUT2D eigenvalue weighted by Crippen LogP contribution is 2.18. The van der Waals surface area contributed by atoms with Crippen LogP contribution in [0.2, 0.25) is 0 Å². The number of hydrogen-bond acceptors (Lipinski definition) is 3. The van der Waals surface area contributed by atoms with Gasteiger partial charge in [-0.1, -0.05) is 0 Å². The van der Waals surface area contributed by atoms with Gasteiger partial charge in [0, 0.05) is 0 Å². The van der Waals surface area contributed by atoms with E-state index in [1.54, 1.807) is 0 Å². The normalized spacial score (nSPS) is 29.7. The van der Waals surface area contributed by atoms with Crippen molar-refractivity contribution in [2.75, 3.05) is 0 Å². The molecule has 1 aliphatic heterocycles. The minimum absolute atomic E-state index is 0.527. The molecule has 5 nitrogen and oxygen atoms in total. The van der Waals surface area contributed by atoms with Crippen LogP contribution in [0.1, 0.15) is 19.3 Å². The largest absolute Gasteiger partial charge is 0.367 e. The second-order valence-electron chi connectivity index (χ2n) is 2.85. The fraction of sp³-hybridized carbons (Fsp3) is 0.714. The quantitative estimate of drug-likeness (QED) is 0.553. The Bertz CT molecular complexity index is 185. The third kappa shape index (κ3) is 1.94. The Morgan fingerprint density at radius 2 is 1.50 bits per heavy atom. The summed E-state index contributed by atoms with van der Waals surface area (Å²) in [6.45, 7) is 0. The first-order valence-electron chi connectivity index (χ1n) is 3.85. The van der Waals surface area contributed by atoms with Crippen LogP contribution < -0.4 is 11.5 Å². The summed E-state index contributed by atoms with van der Waals surface area (Å²) in [5.41, 5.74) is 10.0. The molecule has 0 aromatic carbocycles. The van der Waals surface area contributed by atoms with Crippen LogP contribution in [0.3, 0.4) is 0 Å². The van der Waals surface area contributed by atoms with E-state index in [9.17, 15) is 9.59 Å². The van der Waals surface area contributed by atoms with Crippen LogP contribution in [0.4, 0.5) is 0 Å². The van der Waals surface area contributed by atoms with E-state index < -0.39 is 24.0 Å². The average molecular weight is 172 g/mol. The van der Waals surface area contributed by atoms with Crippen molar-refractivity contribution in [1.82, 2.24) is 0 Å². The lowest BCUT2D eigenvalue weighted by Crippen LogP contribution is -2.43. The molecule has 1 rings (SSSR count). The number of carbonyl (C=O) groups excluding carboxylic acids is 2. The Balaban J connectivity index is 2.51. The summed E-state index contributed by atoms with van der Waals surface area (Å²) in [5.74, 6) is -1.05. The van der Waals surface area contributed by atoms with E-state index in [-0.39, 0.29) is 0 Å². The van der Waals surface area contributed by atoms with Crippen molar-refractivity contribution < 1.29 is 14.3 Å². The highest BCUT2D eigenvalue weighted by atomic mass is 16.5. The summed E-state index contributed by atoms with van der Waals surface area (Å²) in [4.78, 5) is 21.3. The Morgan fingerprint density at radius 3 is 1.83 bits per heavy atom. The predicted molar refractivity (Wildman–Crippen MR) is 40.9 cm³/mol. The SMILES string of the molecule is NC(=O)C1CCCC(C(N)=O)O1. The van der Waals surface area contributed by atoms with Crippen LogP contribution in [0.5, 0.6) is 0 Å². The monoisotopic (exact) mass is 172 g/mol. The van der Waals surface area contributed by atoms with Crippen molar-refractivity contribution in [3.8, 4) is 0 Å². The molecule has 12 heavy (non-hydrogen) atoms. The van der Waals surface area contributed by atoms with Crippen LogP contribution in [-0.4, -0.2) is 24.0 Å². The maximum absolute atomic E-state index is 10.7. The van der Waals surface area contributed by atoms with Crippen molar-refractivity contribution in [2.24, 2.45) is 11.5 Å². The van der Waals surface area contributed by atoms with Gasteiger partial charge in [-0.25, -0.2) is 0 Å². The fourth-order valence-corrected chi connectivity index (χ4v) is 1.24. The Morgan fingerprint density at radius 1 is 1.08 bits per heavy atom. The lowest BCUT2D eigenvalue weighted by molar-refractivity contribution is -0.147. The van der Waals surface area contributed by atoms with Gasteiger partial charge in [-0.3, -0.25) is 9.59 Å². The molecule has 0 saturated carbocycles. The van der Waals surface area contributed by atoms with E-state index in [4.69, 9.17) is 16.2 Å². The summed E-state index contributed by atoms with van der Waals surface area (Å²) in [6.07, 6.45) is 0.631. The molecule has 4 N–H and O–H groups in total. The van der Waals surface area contributed by atoms with Gasteiger partial charge < -0.3 is 16.2 Å². The van der Waals surface area contributed by atoms with E-state index in [1.807, 2.05) is 0 Å². The van der Waals surface area contributed by atoms with Crippen molar-refractivity contribution in [3.63, 3.8) is 0 Å². The lowest BCUT2D eigenvalue weighted by Gasteiger charge is -2.25. The predicted octanol–water partition coefficient (Wildman–Crippen LogP) is -1.11. The number of ether oxygens (including phenoxy) is 1. The van der Waals surface area contributed by atoms with Crippen LogP contribution in [-0.2, 0) is 14.3 Å². The lowest BCUT2D eigenvalue weighted by atomic mass is 10.0. The number of hydrogen-bond donors (Lipinski definition) is 2. The van der Waals surface area contributed by atoms with Crippen molar-refractivity contribution in [3.05, 3.63) is 0 Å². The molecule has 0 radical (unpaired) electrons. The van der Waals surface area contributed by atoms with Gasteiger partial charge in [0.05, 0.1) is 0 Å². The first kappa shape index (κ1) is 8.99. The zero-order valence-corrected chi connectivity index (χ0v) is 6.66. The van der Waals surface area contributed by atoms with Gasteiger partial charge in [0.25, 0.3) is 0 Å². The molecule has 0 bridgehead atoms. The highest BCUT2D eigenvalue weighted by molar-refractivity contribution is 5.82. The molecule has 68 valence electrons. The van der Waals surface area contributed by atoms with Gasteiger partial charge in [0.1, 0.15) is 12.2 Å². The van der Waals surface area contributed by atoms with E-state index in [0.29, 0.717) is 12.8 Å². The number of amides is 2. The minimum atomic E-state index is -0.642. The average Bonchev–Trinajstić information content (AvgIpc) is 2.04. The van der Waals surface area contributed by atoms with Crippen LogP contribution >= 0.6 is 0 Å². The minimum Gasteiger partial charge on any atom is -0.367 e. The maximum Gasteiger partial charge on any atom is 0.246 e. The third-order valence-electron chi connectivity index (χ3n) is 1.90. The molecule has 0 aromatic rings. The van der Waals surface area contributed by atoms with E-state index in [2.05, 4.69) is 0 Å². The number of carbonyl (C=O) groups is 2. The molecule has 1 aliphatic rings. The molecule has 2 atom stereocenters. The number of rotatable bonds is 2. The van der Waals surface area contributed by atoms with Gasteiger partial charge >= 0.3 is 0 Å². The van der Waals surface area contributed by atoms with Crippen molar-refractivity contribution in [1.29, 1.82) is 0 Å². The second-order valence-corrected chi connectivity index (χ2v) is 2.85. The molecule has 1 fully saturated rings. The summed E-state index contributed by atoms with van der Waals surface area (Å²) in [6, 6.07) is 0. The molecule has 1 saturated heterocycles. The molecular weight excluding hydrogens is 160 g/mol. The Kier molecular flexibility index (Phi) is 2.65. The molecule has 5 heteroatoms. The Labute approximate surface area is 70.0 Å². The zero-order chi connectivity index (χ0) is 9.14. The van der Waals surface area contributed by atoms with Gasteiger partial charge in [-0.15, -0.1) is 0 Å².